The fraction of sp³-hybridized carbons (Fsp3) is 0.591. The van der Waals surface area contributed by atoms with Crippen LogP contribution in [-0.2, 0) is 25.7 Å². The van der Waals surface area contributed by atoms with Gasteiger partial charge >= 0.3 is 11.9 Å². The molecule has 7 heteroatoms. The topological polar surface area (TPSA) is 83.9 Å². The Hall–Kier alpha value is -2.02. The SMILES string of the molecule is O=C(O)CN1Cc2ccccc2C(OC(=O)CCCCCCCCCCS)C1=O. The van der Waals surface area contributed by atoms with Gasteiger partial charge in [-0.05, 0) is 24.2 Å². The summed E-state index contributed by atoms with van der Waals surface area (Å²) >= 11 is 4.21. The van der Waals surface area contributed by atoms with Crippen molar-refractivity contribution in [2.75, 3.05) is 12.3 Å². The molecule has 1 aliphatic heterocycles. The molecule has 160 valence electrons. The number of aliphatic carboxylic acids is 1. The van der Waals surface area contributed by atoms with E-state index in [1.807, 2.05) is 12.1 Å². The van der Waals surface area contributed by atoms with Crippen molar-refractivity contribution in [3.63, 3.8) is 0 Å². The normalized spacial score (nSPS) is 15.8. The van der Waals surface area contributed by atoms with Crippen molar-refractivity contribution in [2.24, 2.45) is 0 Å². The molecule has 1 unspecified atom stereocenters. The van der Waals surface area contributed by atoms with Gasteiger partial charge in [-0.25, -0.2) is 0 Å². The Labute approximate surface area is 178 Å². The van der Waals surface area contributed by atoms with Gasteiger partial charge in [0.05, 0.1) is 0 Å². The second-order valence-corrected chi connectivity index (χ2v) is 7.91. The van der Waals surface area contributed by atoms with E-state index >= 15 is 0 Å². The van der Waals surface area contributed by atoms with E-state index in [1.165, 1.54) is 37.0 Å². The fourth-order valence-electron chi connectivity index (χ4n) is 3.56. The monoisotopic (exact) mass is 421 g/mol. The highest BCUT2D eigenvalue weighted by molar-refractivity contribution is 7.80. The van der Waals surface area contributed by atoms with Crippen molar-refractivity contribution in [3.8, 4) is 0 Å². The number of carbonyl (C=O) groups excluding carboxylic acids is 2. The molecule has 1 aromatic carbocycles. The molecule has 0 fully saturated rings. The number of ether oxygens (including phenoxy) is 1. The van der Waals surface area contributed by atoms with Crippen LogP contribution in [-0.4, -0.2) is 40.1 Å². The van der Waals surface area contributed by atoms with Crippen LogP contribution in [0, 0.1) is 0 Å². The van der Waals surface area contributed by atoms with Crippen LogP contribution in [0.25, 0.3) is 0 Å². The Balaban J connectivity index is 1.79. The minimum Gasteiger partial charge on any atom is -0.480 e. The van der Waals surface area contributed by atoms with Crippen LogP contribution in [0.5, 0.6) is 0 Å². The van der Waals surface area contributed by atoms with Gasteiger partial charge in [-0.3, -0.25) is 14.4 Å². The third kappa shape index (κ3) is 7.72. The van der Waals surface area contributed by atoms with E-state index in [2.05, 4.69) is 12.6 Å². The summed E-state index contributed by atoms with van der Waals surface area (Å²) in [5.74, 6) is -1.03. The quantitative estimate of drug-likeness (QED) is 0.284. The average Bonchev–Trinajstić information content (AvgIpc) is 2.69. The number of fused-ring (bicyclic) bond motifs is 1. The molecule has 1 heterocycles. The number of amides is 1. The number of rotatable bonds is 13. The lowest BCUT2D eigenvalue weighted by molar-refractivity contribution is -0.164. The van der Waals surface area contributed by atoms with Gasteiger partial charge in [-0.15, -0.1) is 0 Å². The van der Waals surface area contributed by atoms with E-state index < -0.39 is 30.5 Å². The minimum atomic E-state index is -1.09. The summed E-state index contributed by atoms with van der Waals surface area (Å²) in [6.07, 6.45) is 8.01. The van der Waals surface area contributed by atoms with Gasteiger partial charge in [0, 0.05) is 18.5 Å². The summed E-state index contributed by atoms with van der Waals surface area (Å²) in [5, 5.41) is 9.04. The highest BCUT2D eigenvalue weighted by Gasteiger charge is 2.36. The Bertz CT molecular complexity index is 694. The van der Waals surface area contributed by atoms with Crippen LogP contribution in [0.15, 0.2) is 24.3 Å². The summed E-state index contributed by atoms with van der Waals surface area (Å²) in [6, 6.07) is 7.20. The number of nitrogens with zero attached hydrogens (tertiary/aromatic N) is 1. The van der Waals surface area contributed by atoms with Gasteiger partial charge in [-0.2, -0.15) is 12.6 Å². The van der Waals surface area contributed by atoms with Crippen LogP contribution >= 0.6 is 12.6 Å². The van der Waals surface area contributed by atoms with E-state index in [1.54, 1.807) is 12.1 Å². The molecule has 0 spiro atoms. The molecule has 29 heavy (non-hydrogen) atoms. The van der Waals surface area contributed by atoms with E-state index in [0.717, 1.165) is 30.6 Å². The molecular weight excluding hydrogens is 390 g/mol. The van der Waals surface area contributed by atoms with E-state index in [0.29, 0.717) is 5.56 Å². The molecule has 1 aromatic rings. The van der Waals surface area contributed by atoms with Crippen molar-refractivity contribution < 1.29 is 24.2 Å². The van der Waals surface area contributed by atoms with E-state index in [9.17, 15) is 14.4 Å². The largest absolute Gasteiger partial charge is 0.480 e. The van der Waals surface area contributed by atoms with Gasteiger partial charge in [0.25, 0.3) is 5.91 Å². The van der Waals surface area contributed by atoms with Gasteiger partial charge in [0.2, 0.25) is 6.10 Å². The summed E-state index contributed by atoms with van der Waals surface area (Å²) in [5.41, 5.74) is 1.46. The molecular formula is C22H31NO5S. The fourth-order valence-corrected chi connectivity index (χ4v) is 3.78. The van der Waals surface area contributed by atoms with Crippen LogP contribution < -0.4 is 0 Å². The average molecular weight is 422 g/mol. The lowest BCUT2D eigenvalue weighted by atomic mass is 9.96. The predicted molar refractivity (Wildman–Crippen MR) is 114 cm³/mol. The number of unbranched alkanes of at least 4 members (excludes halogenated alkanes) is 7. The summed E-state index contributed by atoms with van der Waals surface area (Å²) < 4.78 is 5.48. The molecule has 0 saturated heterocycles. The van der Waals surface area contributed by atoms with Crippen LogP contribution in [0.3, 0.4) is 0 Å². The Morgan fingerprint density at radius 3 is 2.31 bits per heavy atom. The lowest BCUT2D eigenvalue weighted by Crippen LogP contribution is -2.43. The number of benzene rings is 1. The van der Waals surface area contributed by atoms with Gasteiger partial charge < -0.3 is 14.7 Å². The maximum Gasteiger partial charge on any atom is 0.323 e. The second-order valence-electron chi connectivity index (χ2n) is 7.46. The zero-order valence-corrected chi connectivity index (χ0v) is 17.7. The third-order valence-electron chi connectivity index (χ3n) is 5.10. The minimum absolute atomic E-state index is 0.212. The Morgan fingerprint density at radius 1 is 1.03 bits per heavy atom. The van der Waals surface area contributed by atoms with Crippen LogP contribution in [0.1, 0.15) is 75.0 Å². The highest BCUT2D eigenvalue weighted by Crippen LogP contribution is 2.30. The van der Waals surface area contributed by atoms with Gasteiger partial charge in [0.1, 0.15) is 6.54 Å². The molecule has 1 atom stereocenters. The molecule has 0 bridgehead atoms. The zero-order valence-electron chi connectivity index (χ0n) is 16.8. The first-order chi connectivity index (χ1) is 14.0. The van der Waals surface area contributed by atoms with Crippen molar-refractivity contribution in [1.29, 1.82) is 0 Å². The molecule has 0 aliphatic carbocycles. The van der Waals surface area contributed by atoms with Gasteiger partial charge in [0.15, 0.2) is 0 Å². The molecule has 0 saturated carbocycles. The molecule has 2 rings (SSSR count). The number of hydrogen-bond acceptors (Lipinski definition) is 5. The van der Waals surface area contributed by atoms with Crippen LogP contribution in [0.4, 0.5) is 0 Å². The van der Waals surface area contributed by atoms with Crippen molar-refractivity contribution in [1.82, 2.24) is 4.90 Å². The first kappa shape index (κ1) is 23.3. The summed E-state index contributed by atoms with van der Waals surface area (Å²) in [7, 11) is 0. The smallest absolute Gasteiger partial charge is 0.323 e. The number of thiol groups is 1. The Kier molecular flexibility index (Phi) is 10.0. The van der Waals surface area contributed by atoms with Crippen LogP contribution in [0.2, 0.25) is 0 Å². The number of esters is 1. The molecule has 1 amide bonds. The molecule has 1 N–H and O–H groups in total. The first-order valence-electron chi connectivity index (χ1n) is 10.4. The van der Waals surface area contributed by atoms with Crippen molar-refractivity contribution >= 4 is 30.5 Å². The molecule has 6 nitrogen and oxygen atoms in total. The standard InChI is InChI=1S/C22H31NO5S/c24-19(25)16-23-15-17-11-8-9-12-18(17)21(22(23)27)28-20(26)13-7-5-3-1-2-4-6-10-14-29/h8-9,11-12,21,29H,1-7,10,13-16H2,(H,24,25). The number of carbonyl (C=O) groups is 3. The third-order valence-corrected chi connectivity index (χ3v) is 5.42. The molecule has 1 aliphatic rings. The number of hydrogen-bond donors (Lipinski definition) is 2. The van der Waals surface area contributed by atoms with Crippen molar-refractivity contribution in [2.45, 2.75) is 70.4 Å². The zero-order chi connectivity index (χ0) is 21.1. The molecule has 0 aromatic heterocycles. The number of carboxylic acid groups (broad SMARTS) is 1. The lowest BCUT2D eigenvalue weighted by Gasteiger charge is -2.32. The first-order valence-corrected chi connectivity index (χ1v) is 11.0. The summed E-state index contributed by atoms with van der Waals surface area (Å²) in [4.78, 5) is 37.2. The highest BCUT2D eigenvalue weighted by atomic mass is 32.1. The van der Waals surface area contributed by atoms with Crippen molar-refractivity contribution in [3.05, 3.63) is 35.4 Å². The predicted octanol–water partition coefficient (Wildman–Crippen LogP) is 4.14. The van der Waals surface area contributed by atoms with E-state index in [4.69, 9.17) is 9.84 Å². The maximum atomic E-state index is 12.7. The van der Waals surface area contributed by atoms with E-state index in [-0.39, 0.29) is 13.0 Å². The Morgan fingerprint density at radius 2 is 1.66 bits per heavy atom. The van der Waals surface area contributed by atoms with Gasteiger partial charge in [-0.1, -0.05) is 62.8 Å². The number of carboxylic acids is 1. The second kappa shape index (κ2) is 12.5. The summed E-state index contributed by atoms with van der Waals surface area (Å²) in [6.45, 7) is -0.196. The molecule has 0 radical (unpaired) electrons. The maximum absolute atomic E-state index is 12.7.